The summed E-state index contributed by atoms with van der Waals surface area (Å²) >= 11 is 0. The van der Waals surface area contributed by atoms with Crippen LogP contribution in [0.15, 0.2) is 6.20 Å². The van der Waals surface area contributed by atoms with Crippen molar-refractivity contribution < 1.29 is 14.9 Å². The zero-order valence-corrected chi connectivity index (χ0v) is 11.0. The van der Waals surface area contributed by atoms with Crippen molar-refractivity contribution in [3.63, 3.8) is 0 Å². The van der Waals surface area contributed by atoms with Crippen LogP contribution < -0.4 is 4.74 Å². The third-order valence-corrected chi connectivity index (χ3v) is 3.06. The number of hydrogen-bond donors (Lipinski definition) is 2. The molecule has 0 radical (unpaired) electrons. The Bertz CT molecular complexity index is 361. The fourth-order valence-electron chi connectivity index (χ4n) is 1.69. The molecule has 2 unspecified atom stereocenters. The number of aliphatic hydroxyl groups excluding tert-OH is 1. The summed E-state index contributed by atoms with van der Waals surface area (Å²) in [5.41, 5.74) is -0.639. The summed E-state index contributed by atoms with van der Waals surface area (Å²) in [6.07, 6.45) is 1.92. The zero-order chi connectivity index (χ0) is 13.1. The van der Waals surface area contributed by atoms with Gasteiger partial charge >= 0.3 is 0 Å². The summed E-state index contributed by atoms with van der Waals surface area (Å²) < 4.78 is 6.87. The zero-order valence-electron chi connectivity index (χ0n) is 11.0. The highest BCUT2D eigenvalue weighted by Gasteiger charge is 2.34. The molecule has 0 spiro atoms. The van der Waals surface area contributed by atoms with Gasteiger partial charge in [0.15, 0.2) is 5.75 Å². The number of aromatic nitrogens is 2. The molecule has 1 aromatic rings. The molecule has 5 heteroatoms. The molecule has 0 bridgehead atoms. The number of hydrogen-bond acceptors (Lipinski definition) is 4. The number of ether oxygens (including phenoxy) is 1. The van der Waals surface area contributed by atoms with Gasteiger partial charge in [-0.1, -0.05) is 13.8 Å². The van der Waals surface area contributed by atoms with Crippen molar-refractivity contribution >= 4 is 0 Å². The fourth-order valence-corrected chi connectivity index (χ4v) is 1.69. The van der Waals surface area contributed by atoms with Gasteiger partial charge < -0.3 is 14.9 Å². The van der Waals surface area contributed by atoms with Crippen LogP contribution in [-0.4, -0.2) is 32.7 Å². The van der Waals surface area contributed by atoms with Crippen molar-refractivity contribution in [2.45, 2.75) is 51.9 Å². The van der Waals surface area contributed by atoms with E-state index in [-0.39, 0.29) is 0 Å². The first-order valence-electron chi connectivity index (χ1n) is 5.98. The minimum atomic E-state index is -1.18. The number of aliphatic hydroxyl groups is 2. The quantitative estimate of drug-likeness (QED) is 0.793. The molecular formula is C12H22N2O3. The topological polar surface area (TPSA) is 67.5 Å². The third kappa shape index (κ3) is 2.79. The lowest BCUT2D eigenvalue weighted by Gasteiger charge is -2.28. The van der Waals surface area contributed by atoms with Gasteiger partial charge in [-0.3, -0.25) is 4.68 Å². The molecule has 0 amide bonds. The van der Waals surface area contributed by atoms with Crippen LogP contribution in [0, 0.1) is 0 Å². The van der Waals surface area contributed by atoms with Gasteiger partial charge in [-0.2, -0.15) is 5.10 Å². The molecule has 1 rings (SSSR count). The minimum Gasteiger partial charge on any atom is -0.493 e. The predicted octanol–water partition coefficient (Wildman–Crippen LogP) is 1.50. The van der Waals surface area contributed by atoms with E-state index >= 15 is 0 Å². The Balaban J connectivity index is 3.13. The predicted molar refractivity (Wildman–Crippen MR) is 64.9 cm³/mol. The van der Waals surface area contributed by atoms with Crippen LogP contribution in [-0.2, 0) is 6.54 Å². The first-order valence-corrected chi connectivity index (χ1v) is 5.98. The second kappa shape index (κ2) is 5.51. The number of rotatable bonds is 6. The minimum absolute atomic E-state index is 0.453. The molecule has 0 aliphatic heterocycles. The molecule has 17 heavy (non-hydrogen) atoms. The molecule has 0 fully saturated rings. The van der Waals surface area contributed by atoms with E-state index in [9.17, 15) is 10.2 Å². The van der Waals surface area contributed by atoms with Crippen LogP contribution in [0.1, 0.15) is 45.4 Å². The Morgan fingerprint density at radius 1 is 1.53 bits per heavy atom. The van der Waals surface area contributed by atoms with Crippen molar-refractivity contribution in [1.82, 2.24) is 9.78 Å². The van der Waals surface area contributed by atoms with Crippen molar-refractivity contribution in [3.8, 4) is 5.75 Å². The van der Waals surface area contributed by atoms with Gasteiger partial charge in [0.25, 0.3) is 0 Å². The Kier molecular flexibility index (Phi) is 4.54. The number of methoxy groups -OCH3 is 1. The summed E-state index contributed by atoms with van der Waals surface area (Å²) in [5.74, 6) is 0.514. The highest BCUT2D eigenvalue weighted by molar-refractivity contribution is 5.29. The van der Waals surface area contributed by atoms with Gasteiger partial charge in [-0.15, -0.1) is 0 Å². The molecule has 0 saturated heterocycles. The van der Waals surface area contributed by atoms with Gasteiger partial charge in [-0.25, -0.2) is 0 Å². The first-order chi connectivity index (χ1) is 7.97. The Hall–Kier alpha value is -1.07. The van der Waals surface area contributed by atoms with E-state index in [0.717, 1.165) is 6.42 Å². The Morgan fingerprint density at radius 2 is 2.18 bits per heavy atom. The van der Waals surface area contributed by atoms with Crippen LogP contribution in [0.3, 0.4) is 0 Å². The normalized spacial score (nSPS) is 16.6. The molecule has 98 valence electrons. The van der Waals surface area contributed by atoms with Gasteiger partial charge in [0.1, 0.15) is 11.8 Å². The van der Waals surface area contributed by atoms with Crippen molar-refractivity contribution in [2.75, 3.05) is 7.11 Å². The number of nitrogens with zero attached hydrogens (tertiary/aromatic N) is 2. The molecular weight excluding hydrogens is 220 g/mol. The molecule has 2 N–H and O–H groups in total. The van der Waals surface area contributed by atoms with Gasteiger partial charge in [-0.05, 0) is 19.8 Å². The smallest absolute Gasteiger partial charge is 0.162 e. The summed E-state index contributed by atoms with van der Waals surface area (Å²) in [5, 5.41) is 24.6. The monoisotopic (exact) mass is 242 g/mol. The molecule has 1 heterocycles. The standard InChI is InChI=1S/C12H22N2O3/c1-5-7-14-10(9(17-4)8-13-14)11(15)12(3,16)6-2/h8,11,15-16H,5-7H2,1-4H3. The molecule has 0 saturated carbocycles. The lowest BCUT2D eigenvalue weighted by Crippen LogP contribution is -2.33. The van der Waals surface area contributed by atoms with Crippen LogP contribution >= 0.6 is 0 Å². The molecule has 1 aromatic heterocycles. The maximum absolute atomic E-state index is 10.3. The van der Waals surface area contributed by atoms with E-state index < -0.39 is 11.7 Å². The average molecular weight is 242 g/mol. The van der Waals surface area contributed by atoms with E-state index in [4.69, 9.17) is 4.74 Å². The summed E-state index contributed by atoms with van der Waals surface area (Å²) in [7, 11) is 1.53. The van der Waals surface area contributed by atoms with Crippen molar-refractivity contribution in [3.05, 3.63) is 11.9 Å². The lowest BCUT2D eigenvalue weighted by atomic mass is 9.93. The lowest BCUT2D eigenvalue weighted by molar-refractivity contribution is -0.0705. The van der Waals surface area contributed by atoms with Crippen molar-refractivity contribution in [2.24, 2.45) is 0 Å². The fraction of sp³-hybridized carbons (Fsp3) is 0.750. The molecule has 0 aliphatic rings. The van der Waals surface area contributed by atoms with Gasteiger partial charge in [0.05, 0.1) is 18.9 Å². The number of aryl methyl sites for hydroxylation is 1. The van der Waals surface area contributed by atoms with Crippen LogP contribution in [0.5, 0.6) is 5.75 Å². The maximum atomic E-state index is 10.3. The van der Waals surface area contributed by atoms with E-state index in [1.165, 1.54) is 7.11 Å². The molecule has 0 aromatic carbocycles. The van der Waals surface area contributed by atoms with E-state index in [1.807, 2.05) is 13.8 Å². The largest absolute Gasteiger partial charge is 0.493 e. The Morgan fingerprint density at radius 3 is 2.65 bits per heavy atom. The van der Waals surface area contributed by atoms with Gasteiger partial charge in [0, 0.05) is 6.54 Å². The summed E-state index contributed by atoms with van der Waals surface area (Å²) in [4.78, 5) is 0. The SMILES string of the molecule is CCCn1ncc(OC)c1C(O)C(C)(O)CC. The third-order valence-electron chi connectivity index (χ3n) is 3.06. The second-order valence-electron chi connectivity index (χ2n) is 4.43. The Labute approximate surface area is 102 Å². The maximum Gasteiger partial charge on any atom is 0.162 e. The first kappa shape index (κ1) is 14.0. The highest BCUT2D eigenvalue weighted by atomic mass is 16.5. The van der Waals surface area contributed by atoms with Gasteiger partial charge in [0.2, 0.25) is 0 Å². The molecule has 0 aliphatic carbocycles. The molecule has 2 atom stereocenters. The van der Waals surface area contributed by atoms with Crippen molar-refractivity contribution in [1.29, 1.82) is 0 Å². The summed E-state index contributed by atoms with van der Waals surface area (Å²) in [6.45, 7) is 6.16. The second-order valence-corrected chi connectivity index (χ2v) is 4.43. The van der Waals surface area contributed by atoms with E-state index in [0.29, 0.717) is 24.4 Å². The van der Waals surface area contributed by atoms with E-state index in [1.54, 1.807) is 17.8 Å². The van der Waals surface area contributed by atoms with E-state index in [2.05, 4.69) is 5.10 Å². The van der Waals surface area contributed by atoms with Crippen LogP contribution in [0.25, 0.3) is 0 Å². The highest BCUT2D eigenvalue weighted by Crippen LogP contribution is 2.34. The molecule has 5 nitrogen and oxygen atoms in total. The average Bonchev–Trinajstić information content (AvgIpc) is 2.71. The van der Waals surface area contributed by atoms with Crippen LogP contribution in [0.4, 0.5) is 0 Å². The summed E-state index contributed by atoms with van der Waals surface area (Å²) in [6, 6.07) is 0. The van der Waals surface area contributed by atoms with Crippen LogP contribution in [0.2, 0.25) is 0 Å².